The largest absolute Gasteiger partial charge is 0.395 e. The van der Waals surface area contributed by atoms with Gasteiger partial charge in [-0.25, -0.2) is 0 Å². The normalized spacial score (nSPS) is 10.8. The van der Waals surface area contributed by atoms with E-state index in [2.05, 4.69) is 35.7 Å². The molecule has 0 aromatic heterocycles. The molecule has 0 atom stereocenters. The van der Waals surface area contributed by atoms with Gasteiger partial charge in [0.15, 0.2) is 0 Å². The smallest absolute Gasteiger partial charge is 0.0558 e. The van der Waals surface area contributed by atoms with Crippen molar-refractivity contribution >= 4 is 0 Å². The van der Waals surface area contributed by atoms with E-state index >= 15 is 0 Å². The number of aliphatic hydroxyl groups is 1. The highest BCUT2D eigenvalue weighted by molar-refractivity contribution is 5.14. The maximum absolute atomic E-state index is 9.10. The van der Waals surface area contributed by atoms with Gasteiger partial charge in [-0.3, -0.25) is 4.90 Å². The lowest BCUT2D eigenvalue weighted by atomic mass is 10.1. The van der Waals surface area contributed by atoms with Gasteiger partial charge in [-0.05, 0) is 31.4 Å². The first-order chi connectivity index (χ1) is 8.86. The van der Waals surface area contributed by atoms with Crippen molar-refractivity contribution in [3.8, 4) is 0 Å². The van der Waals surface area contributed by atoms with E-state index in [1.165, 1.54) is 24.8 Å². The zero-order chi connectivity index (χ0) is 13.1. The fourth-order valence-corrected chi connectivity index (χ4v) is 2.05. The van der Waals surface area contributed by atoms with Crippen LogP contribution in [0.2, 0.25) is 0 Å². The molecular weight excluding hydrogens is 222 g/mol. The van der Waals surface area contributed by atoms with Crippen LogP contribution in [0.15, 0.2) is 43.0 Å². The third-order valence-electron chi connectivity index (χ3n) is 3.05. The van der Waals surface area contributed by atoms with Crippen LogP contribution in [0.5, 0.6) is 0 Å². The van der Waals surface area contributed by atoms with Crippen molar-refractivity contribution in [3.63, 3.8) is 0 Å². The molecule has 0 aliphatic rings. The molecule has 1 N–H and O–H groups in total. The average molecular weight is 247 g/mol. The minimum Gasteiger partial charge on any atom is -0.395 e. The van der Waals surface area contributed by atoms with Crippen LogP contribution in [-0.2, 0) is 6.54 Å². The predicted molar refractivity (Wildman–Crippen MR) is 77.5 cm³/mol. The summed E-state index contributed by atoms with van der Waals surface area (Å²) < 4.78 is 0. The summed E-state index contributed by atoms with van der Waals surface area (Å²) in [7, 11) is 0. The van der Waals surface area contributed by atoms with Gasteiger partial charge < -0.3 is 5.11 Å². The zero-order valence-electron chi connectivity index (χ0n) is 11.2. The molecule has 0 amide bonds. The first-order valence-electron chi connectivity index (χ1n) is 6.85. The van der Waals surface area contributed by atoms with Crippen LogP contribution in [0.3, 0.4) is 0 Å². The highest BCUT2D eigenvalue weighted by atomic mass is 16.3. The summed E-state index contributed by atoms with van der Waals surface area (Å²) in [5.41, 5.74) is 1.32. The van der Waals surface area contributed by atoms with Gasteiger partial charge in [0.1, 0.15) is 0 Å². The first-order valence-corrected chi connectivity index (χ1v) is 6.85. The highest BCUT2D eigenvalue weighted by Crippen LogP contribution is 2.07. The lowest BCUT2D eigenvalue weighted by Gasteiger charge is -2.21. The van der Waals surface area contributed by atoms with E-state index < -0.39 is 0 Å². The van der Waals surface area contributed by atoms with Gasteiger partial charge >= 0.3 is 0 Å². The molecule has 1 rings (SSSR count). The van der Waals surface area contributed by atoms with Gasteiger partial charge in [0.2, 0.25) is 0 Å². The Hall–Kier alpha value is -1.12. The number of rotatable bonds is 10. The van der Waals surface area contributed by atoms with Gasteiger partial charge in [0, 0.05) is 13.1 Å². The van der Waals surface area contributed by atoms with Gasteiger partial charge in [-0.2, -0.15) is 0 Å². The molecule has 0 unspecified atom stereocenters. The Morgan fingerprint density at radius 1 is 1.06 bits per heavy atom. The van der Waals surface area contributed by atoms with Gasteiger partial charge in [-0.1, -0.05) is 42.8 Å². The summed E-state index contributed by atoms with van der Waals surface area (Å²) in [5, 5.41) is 9.10. The molecule has 2 nitrogen and oxygen atoms in total. The topological polar surface area (TPSA) is 23.5 Å². The number of hydrogen-bond acceptors (Lipinski definition) is 2. The maximum Gasteiger partial charge on any atom is 0.0558 e. The number of nitrogens with zero attached hydrogens (tertiary/aromatic N) is 1. The quantitative estimate of drug-likeness (QED) is 0.507. The van der Waals surface area contributed by atoms with E-state index in [1.807, 2.05) is 12.1 Å². The lowest BCUT2D eigenvalue weighted by Crippen LogP contribution is -2.27. The Morgan fingerprint density at radius 3 is 2.50 bits per heavy atom. The molecule has 18 heavy (non-hydrogen) atoms. The molecule has 0 radical (unpaired) electrons. The third-order valence-corrected chi connectivity index (χ3v) is 3.05. The van der Waals surface area contributed by atoms with Crippen LogP contribution in [0.25, 0.3) is 0 Å². The minimum absolute atomic E-state index is 0.236. The summed E-state index contributed by atoms with van der Waals surface area (Å²) >= 11 is 0. The molecule has 0 spiro atoms. The molecule has 1 aromatic rings. The third kappa shape index (κ3) is 6.58. The average Bonchev–Trinajstić information content (AvgIpc) is 2.40. The summed E-state index contributed by atoms with van der Waals surface area (Å²) in [6, 6.07) is 10.5. The second-order valence-electron chi connectivity index (χ2n) is 4.62. The highest BCUT2D eigenvalue weighted by Gasteiger charge is 2.04. The molecule has 0 saturated carbocycles. The number of aliphatic hydroxyl groups excluding tert-OH is 1. The fraction of sp³-hybridized carbons (Fsp3) is 0.500. The maximum atomic E-state index is 9.10. The lowest BCUT2D eigenvalue weighted by molar-refractivity contribution is 0.187. The predicted octanol–water partition coefficient (Wildman–Crippen LogP) is 3.23. The van der Waals surface area contributed by atoms with E-state index in [4.69, 9.17) is 5.11 Å². The molecule has 0 fully saturated rings. The second-order valence-corrected chi connectivity index (χ2v) is 4.62. The van der Waals surface area contributed by atoms with Crippen LogP contribution in [0.1, 0.15) is 31.2 Å². The first kappa shape index (κ1) is 14.9. The molecule has 100 valence electrons. The summed E-state index contributed by atoms with van der Waals surface area (Å²) in [6.45, 7) is 6.73. The molecule has 0 saturated heterocycles. The van der Waals surface area contributed by atoms with E-state index in [1.54, 1.807) is 0 Å². The van der Waals surface area contributed by atoms with E-state index in [9.17, 15) is 0 Å². The number of unbranched alkanes of at least 4 members (excludes halogenated alkanes) is 3. The molecule has 0 aliphatic carbocycles. The SMILES string of the molecule is C=CCCCCCN(CCO)Cc1ccccc1. The Bertz CT molecular complexity index is 310. The van der Waals surface area contributed by atoms with E-state index in [0.29, 0.717) is 0 Å². The van der Waals surface area contributed by atoms with Gasteiger partial charge in [0.25, 0.3) is 0 Å². The molecule has 0 aliphatic heterocycles. The van der Waals surface area contributed by atoms with Crippen LogP contribution >= 0.6 is 0 Å². The van der Waals surface area contributed by atoms with Crippen LogP contribution < -0.4 is 0 Å². The monoisotopic (exact) mass is 247 g/mol. The van der Waals surface area contributed by atoms with Gasteiger partial charge in [-0.15, -0.1) is 6.58 Å². The second kappa shape index (κ2) is 9.86. The van der Waals surface area contributed by atoms with Crippen molar-refractivity contribution in [2.24, 2.45) is 0 Å². The summed E-state index contributed by atoms with van der Waals surface area (Å²) in [4.78, 5) is 2.32. The van der Waals surface area contributed by atoms with E-state index in [0.717, 1.165) is 26.1 Å². The number of benzene rings is 1. The number of allylic oxidation sites excluding steroid dienone is 1. The number of hydrogen-bond donors (Lipinski definition) is 1. The van der Waals surface area contributed by atoms with Crippen molar-refractivity contribution in [3.05, 3.63) is 48.6 Å². The van der Waals surface area contributed by atoms with E-state index in [-0.39, 0.29) is 6.61 Å². The summed E-state index contributed by atoms with van der Waals surface area (Å²) in [5.74, 6) is 0. The van der Waals surface area contributed by atoms with Crippen molar-refractivity contribution in [1.29, 1.82) is 0 Å². The fourth-order valence-electron chi connectivity index (χ4n) is 2.05. The molecular formula is C16H25NO. The molecule has 2 heteroatoms. The van der Waals surface area contributed by atoms with Crippen LogP contribution in [0, 0.1) is 0 Å². The molecule has 1 aromatic carbocycles. The Labute approximate surface area is 111 Å². The zero-order valence-corrected chi connectivity index (χ0v) is 11.2. The van der Waals surface area contributed by atoms with Crippen molar-refractivity contribution in [1.82, 2.24) is 4.90 Å². The van der Waals surface area contributed by atoms with Crippen LogP contribution in [-0.4, -0.2) is 29.7 Å². The van der Waals surface area contributed by atoms with Gasteiger partial charge in [0.05, 0.1) is 6.61 Å². The standard InChI is InChI=1S/C16H25NO/c1-2-3-4-5-9-12-17(13-14-18)15-16-10-7-6-8-11-16/h2,6-8,10-11,18H,1,3-5,9,12-15H2. The summed E-state index contributed by atoms with van der Waals surface area (Å²) in [6.07, 6.45) is 6.75. The minimum atomic E-state index is 0.236. The Balaban J connectivity index is 2.28. The van der Waals surface area contributed by atoms with Crippen molar-refractivity contribution < 1.29 is 5.11 Å². The Kier molecular flexibility index (Phi) is 8.19. The van der Waals surface area contributed by atoms with Crippen molar-refractivity contribution in [2.45, 2.75) is 32.2 Å². The molecule has 0 heterocycles. The van der Waals surface area contributed by atoms with Crippen molar-refractivity contribution in [2.75, 3.05) is 19.7 Å². The van der Waals surface area contributed by atoms with Crippen LogP contribution in [0.4, 0.5) is 0 Å². The Morgan fingerprint density at radius 2 is 1.83 bits per heavy atom. The molecule has 0 bridgehead atoms.